The molecule has 30 heavy (non-hydrogen) atoms. The van der Waals surface area contributed by atoms with Gasteiger partial charge in [-0.25, -0.2) is 4.98 Å². The second kappa shape index (κ2) is 7.20. The third-order valence-electron chi connectivity index (χ3n) is 6.47. The highest BCUT2D eigenvalue weighted by molar-refractivity contribution is 6.09. The van der Waals surface area contributed by atoms with Crippen molar-refractivity contribution in [2.24, 2.45) is 0 Å². The third kappa shape index (κ3) is 2.86. The molecule has 0 radical (unpaired) electrons. The fraction of sp³-hybridized carbons (Fsp3) is 0.333. The molecular weight excluding hydrogens is 376 g/mol. The van der Waals surface area contributed by atoms with Crippen molar-refractivity contribution in [2.75, 3.05) is 20.1 Å². The van der Waals surface area contributed by atoms with E-state index in [4.69, 9.17) is 4.98 Å². The van der Waals surface area contributed by atoms with Gasteiger partial charge in [0, 0.05) is 43.5 Å². The van der Waals surface area contributed by atoms with Gasteiger partial charge in [-0.2, -0.15) is 0 Å². The summed E-state index contributed by atoms with van der Waals surface area (Å²) in [4.78, 5) is 39.6. The van der Waals surface area contributed by atoms with E-state index >= 15 is 0 Å². The van der Waals surface area contributed by atoms with E-state index < -0.39 is 5.54 Å². The molecule has 6 nitrogen and oxygen atoms in total. The van der Waals surface area contributed by atoms with Crippen molar-refractivity contribution in [3.8, 4) is 11.3 Å². The number of carbonyl (C=O) groups excluding carboxylic acids is 2. The number of amides is 2. The molecule has 1 atom stereocenters. The monoisotopic (exact) mass is 400 g/mol. The van der Waals surface area contributed by atoms with E-state index in [1.165, 1.54) is 0 Å². The summed E-state index contributed by atoms with van der Waals surface area (Å²) in [6.07, 6.45) is 6.72. The normalized spacial score (nSPS) is 21.6. The molecule has 2 amide bonds. The van der Waals surface area contributed by atoms with Gasteiger partial charge in [0.15, 0.2) is 0 Å². The van der Waals surface area contributed by atoms with Gasteiger partial charge in [-0.3, -0.25) is 14.6 Å². The Morgan fingerprint density at radius 1 is 1.07 bits per heavy atom. The Labute approximate surface area is 175 Å². The van der Waals surface area contributed by atoms with Gasteiger partial charge >= 0.3 is 0 Å². The molecule has 0 bridgehead atoms. The van der Waals surface area contributed by atoms with Gasteiger partial charge in [-0.05, 0) is 49.9 Å². The van der Waals surface area contributed by atoms with E-state index in [2.05, 4.69) is 4.98 Å². The molecule has 2 aliphatic rings. The molecule has 0 saturated carbocycles. The molecule has 0 aliphatic carbocycles. The van der Waals surface area contributed by atoms with Crippen LogP contribution in [0.5, 0.6) is 0 Å². The summed E-state index contributed by atoms with van der Waals surface area (Å²) in [5.74, 6) is -0.00895. The average molecular weight is 400 g/mol. The second-order valence-corrected chi connectivity index (χ2v) is 8.24. The van der Waals surface area contributed by atoms with Gasteiger partial charge in [0.25, 0.3) is 5.91 Å². The number of benzene rings is 1. The van der Waals surface area contributed by atoms with Crippen molar-refractivity contribution >= 4 is 22.7 Å². The zero-order valence-electron chi connectivity index (χ0n) is 17.0. The molecule has 3 aromatic rings. The molecule has 1 aromatic carbocycles. The minimum atomic E-state index is -0.705. The first-order chi connectivity index (χ1) is 14.6. The van der Waals surface area contributed by atoms with Crippen LogP contribution in [0.1, 0.15) is 36.0 Å². The van der Waals surface area contributed by atoms with Crippen molar-refractivity contribution in [1.29, 1.82) is 0 Å². The highest BCUT2D eigenvalue weighted by Gasteiger charge is 2.52. The maximum absolute atomic E-state index is 13.9. The van der Waals surface area contributed by atoms with Gasteiger partial charge in [0.1, 0.15) is 5.54 Å². The van der Waals surface area contributed by atoms with E-state index in [0.29, 0.717) is 17.8 Å². The Morgan fingerprint density at radius 2 is 1.87 bits per heavy atom. The largest absolute Gasteiger partial charge is 0.344 e. The topological polar surface area (TPSA) is 66.4 Å². The molecule has 2 saturated heterocycles. The van der Waals surface area contributed by atoms with E-state index in [0.717, 1.165) is 48.7 Å². The lowest BCUT2D eigenvalue weighted by molar-refractivity contribution is -0.144. The Bertz CT molecular complexity index is 1130. The van der Waals surface area contributed by atoms with E-state index in [-0.39, 0.29) is 11.8 Å². The highest BCUT2D eigenvalue weighted by Crippen LogP contribution is 2.39. The SMILES string of the molecule is CN1CCCC2(CCCN2C(=O)c2cc(-c3cccnc3)nc3ccccc23)C1=O. The number of fused-ring (bicyclic) bond motifs is 1. The molecule has 4 heterocycles. The molecule has 5 rings (SSSR count). The summed E-state index contributed by atoms with van der Waals surface area (Å²) in [5.41, 5.74) is 2.24. The van der Waals surface area contributed by atoms with Gasteiger partial charge in [-0.1, -0.05) is 18.2 Å². The lowest BCUT2D eigenvalue weighted by atomic mass is 9.85. The van der Waals surface area contributed by atoms with Crippen LogP contribution in [-0.4, -0.2) is 57.3 Å². The quantitative estimate of drug-likeness (QED) is 0.660. The van der Waals surface area contributed by atoms with Crippen LogP contribution in [0.4, 0.5) is 0 Å². The summed E-state index contributed by atoms with van der Waals surface area (Å²) in [6.45, 7) is 1.36. The lowest BCUT2D eigenvalue weighted by Gasteiger charge is -2.43. The van der Waals surface area contributed by atoms with Crippen molar-refractivity contribution in [3.05, 3.63) is 60.4 Å². The molecule has 2 aromatic heterocycles. The summed E-state index contributed by atoms with van der Waals surface area (Å²) < 4.78 is 0. The minimum absolute atomic E-state index is 0.0745. The Hall–Kier alpha value is -3.28. The van der Waals surface area contributed by atoms with Gasteiger partial charge < -0.3 is 9.80 Å². The van der Waals surface area contributed by atoms with Crippen LogP contribution in [0.15, 0.2) is 54.9 Å². The molecule has 2 aliphatic heterocycles. The van der Waals surface area contributed by atoms with Gasteiger partial charge in [-0.15, -0.1) is 0 Å². The van der Waals surface area contributed by atoms with E-state index in [1.807, 2.05) is 54.4 Å². The molecule has 6 heteroatoms. The lowest BCUT2D eigenvalue weighted by Crippen LogP contribution is -2.60. The highest BCUT2D eigenvalue weighted by atomic mass is 16.2. The zero-order valence-corrected chi connectivity index (χ0v) is 17.0. The number of likely N-dealkylation sites (N-methyl/N-ethyl adjacent to an activating group) is 1. The van der Waals surface area contributed by atoms with Crippen LogP contribution in [0, 0.1) is 0 Å². The van der Waals surface area contributed by atoms with Crippen molar-refractivity contribution in [2.45, 2.75) is 31.2 Å². The average Bonchev–Trinajstić information content (AvgIpc) is 3.21. The number of carbonyl (C=O) groups is 2. The number of hydrogen-bond acceptors (Lipinski definition) is 4. The van der Waals surface area contributed by atoms with Crippen LogP contribution in [0.3, 0.4) is 0 Å². The first kappa shape index (κ1) is 18.7. The standard InChI is InChI=1S/C24H24N4O2/c1-27-13-5-10-24(23(27)30)11-6-14-28(24)22(29)19-15-21(17-7-4-12-25-16-17)26-20-9-3-2-8-18(19)20/h2-4,7-9,12,15-16H,5-6,10-11,13-14H2,1H3. The molecule has 152 valence electrons. The molecule has 1 unspecified atom stereocenters. The summed E-state index contributed by atoms with van der Waals surface area (Å²) in [5, 5.41) is 0.814. The van der Waals surface area contributed by atoms with E-state index in [9.17, 15) is 9.59 Å². The minimum Gasteiger partial charge on any atom is -0.344 e. The predicted octanol–water partition coefficient (Wildman–Crippen LogP) is 3.52. The molecule has 1 spiro atoms. The van der Waals surface area contributed by atoms with Crippen molar-refractivity contribution < 1.29 is 9.59 Å². The Balaban J connectivity index is 1.63. The van der Waals surface area contributed by atoms with Gasteiger partial charge in [0.2, 0.25) is 5.91 Å². The number of rotatable bonds is 2. The number of nitrogens with zero attached hydrogens (tertiary/aromatic N) is 4. The summed E-state index contributed by atoms with van der Waals surface area (Å²) in [6, 6.07) is 13.3. The van der Waals surface area contributed by atoms with Crippen molar-refractivity contribution in [1.82, 2.24) is 19.8 Å². The number of para-hydroxylation sites is 1. The smallest absolute Gasteiger partial charge is 0.255 e. The summed E-state index contributed by atoms with van der Waals surface area (Å²) >= 11 is 0. The van der Waals surface area contributed by atoms with Crippen LogP contribution in [0.2, 0.25) is 0 Å². The zero-order chi connectivity index (χ0) is 20.7. The predicted molar refractivity (Wildman–Crippen MR) is 115 cm³/mol. The third-order valence-corrected chi connectivity index (χ3v) is 6.47. The fourth-order valence-corrected chi connectivity index (χ4v) is 4.99. The van der Waals surface area contributed by atoms with E-state index in [1.54, 1.807) is 17.3 Å². The first-order valence-corrected chi connectivity index (χ1v) is 10.5. The summed E-state index contributed by atoms with van der Waals surface area (Å²) in [7, 11) is 1.84. The second-order valence-electron chi connectivity index (χ2n) is 8.24. The Kier molecular flexibility index (Phi) is 4.50. The van der Waals surface area contributed by atoms with Gasteiger partial charge in [0.05, 0.1) is 16.8 Å². The number of pyridine rings is 2. The van der Waals surface area contributed by atoms with Crippen LogP contribution < -0.4 is 0 Å². The number of aromatic nitrogens is 2. The molecular formula is C24H24N4O2. The molecule has 2 fully saturated rings. The first-order valence-electron chi connectivity index (χ1n) is 10.5. The number of hydrogen-bond donors (Lipinski definition) is 0. The van der Waals surface area contributed by atoms with Crippen LogP contribution in [-0.2, 0) is 4.79 Å². The van der Waals surface area contributed by atoms with Crippen LogP contribution >= 0.6 is 0 Å². The van der Waals surface area contributed by atoms with Crippen molar-refractivity contribution in [3.63, 3.8) is 0 Å². The Morgan fingerprint density at radius 3 is 2.67 bits per heavy atom. The van der Waals surface area contributed by atoms with Crippen LogP contribution in [0.25, 0.3) is 22.2 Å². The molecule has 0 N–H and O–H groups in total. The maximum atomic E-state index is 13.9. The number of piperidine rings is 1. The maximum Gasteiger partial charge on any atom is 0.255 e. The fourth-order valence-electron chi connectivity index (χ4n) is 4.99. The number of likely N-dealkylation sites (tertiary alicyclic amines) is 2.